The summed E-state index contributed by atoms with van der Waals surface area (Å²) in [4.78, 5) is 13.5. The van der Waals surface area contributed by atoms with Gasteiger partial charge >= 0.3 is 0 Å². The van der Waals surface area contributed by atoms with Gasteiger partial charge in [-0.05, 0) is 25.5 Å². The fourth-order valence-corrected chi connectivity index (χ4v) is 1.82. The van der Waals surface area contributed by atoms with Crippen molar-refractivity contribution in [1.29, 1.82) is 0 Å². The van der Waals surface area contributed by atoms with Gasteiger partial charge in [-0.25, -0.2) is 0 Å². The van der Waals surface area contributed by atoms with Gasteiger partial charge < -0.3 is 4.90 Å². The first-order valence-electron chi connectivity index (χ1n) is 5.43. The highest BCUT2D eigenvalue weighted by molar-refractivity contribution is 5.99. The molecule has 1 heterocycles. The molecule has 0 bridgehead atoms. The number of carbonyl (C=O) groups excluding carboxylic acids is 1. The van der Waals surface area contributed by atoms with Gasteiger partial charge in [0.15, 0.2) is 0 Å². The zero-order chi connectivity index (χ0) is 11.6. The summed E-state index contributed by atoms with van der Waals surface area (Å²) >= 11 is 0. The first kappa shape index (κ1) is 11.8. The van der Waals surface area contributed by atoms with Crippen LogP contribution in [-0.2, 0) is 5.54 Å². The van der Waals surface area contributed by atoms with Gasteiger partial charge in [0.1, 0.15) is 0 Å². The van der Waals surface area contributed by atoms with Gasteiger partial charge in [-0.3, -0.25) is 4.79 Å². The largest absolute Gasteiger partial charge is 0.332 e. The van der Waals surface area contributed by atoms with E-state index < -0.39 is 0 Å². The van der Waals surface area contributed by atoms with Gasteiger partial charge in [-0.1, -0.05) is 32.0 Å². The van der Waals surface area contributed by atoms with Crippen molar-refractivity contribution in [2.75, 3.05) is 7.05 Å². The molecule has 82 valence electrons. The Labute approximate surface area is 91.9 Å². The summed E-state index contributed by atoms with van der Waals surface area (Å²) in [5.41, 5.74) is 1.81. The number of hydrogen-bond acceptors (Lipinski definition) is 1. The zero-order valence-electron chi connectivity index (χ0n) is 10.2. The monoisotopic (exact) mass is 205 g/mol. The minimum absolute atomic E-state index is 0.126. The van der Waals surface area contributed by atoms with Crippen LogP contribution in [0.4, 0.5) is 0 Å². The molecule has 0 radical (unpaired) electrons. The fourth-order valence-electron chi connectivity index (χ4n) is 1.82. The van der Waals surface area contributed by atoms with Crippen molar-refractivity contribution >= 4 is 5.91 Å². The van der Waals surface area contributed by atoms with E-state index in [2.05, 4.69) is 13.8 Å². The minimum atomic E-state index is -0.159. The van der Waals surface area contributed by atoms with Crippen LogP contribution in [0.1, 0.15) is 43.6 Å². The van der Waals surface area contributed by atoms with Crippen LogP contribution in [0, 0.1) is 0 Å². The molecule has 1 aromatic rings. The van der Waals surface area contributed by atoms with E-state index in [1.54, 1.807) is 4.90 Å². The van der Waals surface area contributed by atoms with E-state index in [1.165, 1.54) is 0 Å². The number of fused-ring (bicyclic) bond motifs is 1. The quantitative estimate of drug-likeness (QED) is 0.637. The summed E-state index contributed by atoms with van der Waals surface area (Å²) in [6, 6.07) is 7.80. The van der Waals surface area contributed by atoms with Crippen molar-refractivity contribution in [1.82, 2.24) is 4.90 Å². The molecule has 0 aromatic heterocycles. The van der Waals surface area contributed by atoms with Gasteiger partial charge in [-0.2, -0.15) is 0 Å². The van der Waals surface area contributed by atoms with E-state index in [1.807, 2.05) is 45.2 Å². The third-order valence-corrected chi connectivity index (χ3v) is 2.96. The van der Waals surface area contributed by atoms with Crippen LogP contribution in [0.25, 0.3) is 0 Å². The Morgan fingerprint density at radius 1 is 1.13 bits per heavy atom. The van der Waals surface area contributed by atoms with Gasteiger partial charge in [0.05, 0.1) is 5.54 Å². The van der Waals surface area contributed by atoms with E-state index >= 15 is 0 Å². The molecule has 1 aromatic carbocycles. The summed E-state index contributed by atoms with van der Waals surface area (Å²) in [5.74, 6) is 0.126. The number of carbonyl (C=O) groups is 1. The molecule has 0 N–H and O–H groups in total. The first-order chi connectivity index (χ1) is 7.05. The van der Waals surface area contributed by atoms with Crippen LogP contribution in [0.2, 0.25) is 0 Å². The SMILES string of the molecule is CC.CN1C(=O)c2ccccc2C1(C)C. The Hall–Kier alpha value is -1.31. The Balaban J connectivity index is 0.000000531. The number of rotatable bonds is 0. The Morgan fingerprint density at radius 3 is 2.20 bits per heavy atom. The average molecular weight is 205 g/mol. The van der Waals surface area contributed by atoms with Gasteiger partial charge in [0, 0.05) is 12.6 Å². The molecule has 0 saturated heterocycles. The molecule has 1 aliphatic rings. The average Bonchev–Trinajstić information content (AvgIpc) is 2.45. The maximum Gasteiger partial charge on any atom is 0.254 e. The van der Waals surface area contributed by atoms with E-state index in [-0.39, 0.29) is 11.4 Å². The van der Waals surface area contributed by atoms with Gasteiger partial charge in [-0.15, -0.1) is 0 Å². The number of hydrogen-bond donors (Lipinski definition) is 0. The van der Waals surface area contributed by atoms with Crippen molar-refractivity contribution in [2.45, 2.75) is 33.2 Å². The maximum absolute atomic E-state index is 11.7. The molecule has 1 amide bonds. The summed E-state index contributed by atoms with van der Waals surface area (Å²) in [6.45, 7) is 8.13. The van der Waals surface area contributed by atoms with Crippen molar-refractivity contribution < 1.29 is 4.79 Å². The van der Waals surface area contributed by atoms with Gasteiger partial charge in [0.2, 0.25) is 0 Å². The van der Waals surface area contributed by atoms with Crippen LogP contribution in [0.15, 0.2) is 24.3 Å². The molecule has 15 heavy (non-hydrogen) atoms. The van der Waals surface area contributed by atoms with Crippen LogP contribution >= 0.6 is 0 Å². The molecule has 0 aliphatic carbocycles. The standard InChI is InChI=1S/C11H13NO.C2H6/c1-11(2)9-7-5-4-6-8(9)10(13)12(11)3;1-2/h4-7H,1-3H3;1-2H3. The predicted octanol–water partition coefficient (Wildman–Crippen LogP) is 3.03. The van der Waals surface area contributed by atoms with Crippen molar-refractivity contribution in [3.8, 4) is 0 Å². The lowest BCUT2D eigenvalue weighted by Crippen LogP contribution is -2.35. The highest BCUT2D eigenvalue weighted by atomic mass is 16.2. The molecule has 0 fully saturated rings. The normalized spacial score (nSPS) is 16.9. The highest BCUT2D eigenvalue weighted by Gasteiger charge is 2.39. The topological polar surface area (TPSA) is 20.3 Å². The van der Waals surface area contributed by atoms with E-state index in [9.17, 15) is 4.79 Å². The summed E-state index contributed by atoms with van der Waals surface area (Å²) in [5, 5.41) is 0. The lowest BCUT2D eigenvalue weighted by atomic mass is 9.94. The van der Waals surface area contributed by atoms with Crippen molar-refractivity contribution in [3.63, 3.8) is 0 Å². The van der Waals surface area contributed by atoms with Crippen LogP contribution in [-0.4, -0.2) is 17.9 Å². The molecular weight excluding hydrogens is 186 g/mol. The van der Waals surface area contributed by atoms with Gasteiger partial charge in [0.25, 0.3) is 5.91 Å². The lowest BCUT2D eigenvalue weighted by Gasteiger charge is -2.28. The second-order valence-electron chi connectivity index (χ2n) is 3.97. The zero-order valence-corrected chi connectivity index (χ0v) is 10.2. The predicted molar refractivity (Wildman–Crippen MR) is 62.9 cm³/mol. The van der Waals surface area contributed by atoms with E-state index in [0.717, 1.165) is 11.1 Å². The number of amides is 1. The molecule has 1 aliphatic heterocycles. The summed E-state index contributed by atoms with van der Waals surface area (Å²) < 4.78 is 0. The Morgan fingerprint density at radius 2 is 1.67 bits per heavy atom. The summed E-state index contributed by atoms with van der Waals surface area (Å²) in [7, 11) is 1.85. The fraction of sp³-hybridized carbons (Fsp3) is 0.462. The van der Waals surface area contributed by atoms with Crippen LogP contribution < -0.4 is 0 Å². The van der Waals surface area contributed by atoms with Crippen LogP contribution in [0.3, 0.4) is 0 Å². The first-order valence-corrected chi connectivity index (χ1v) is 5.43. The second-order valence-corrected chi connectivity index (χ2v) is 3.97. The van der Waals surface area contributed by atoms with E-state index in [4.69, 9.17) is 0 Å². The molecule has 2 rings (SSSR count). The Kier molecular flexibility index (Phi) is 3.18. The van der Waals surface area contributed by atoms with Crippen LogP contribution in [0.5, 0.6) is 0 Å². The Bertz CT molecular complexity index is 369. The smallest absolute Gasteiger partial charge is 0.254 e. The highest BCUT2D eigenvalue weighted by Crippen LogP contribution is 2.36. The summed E-state index contributed by atoms with van der Waals surface area (Å²) in [6.07, 6.45) is 0. The lowest BCUT2D eigenvalue weighted by molar-refractivity contribution is 0.0691. The third-order valence-electron chi connectivity index (χ3n) is 2.96. The van der Waals surface area contributed by atoms with Crippen molar-refractivity contribution in [3.05, 3.63) is 35.4 Å². The number of nitrogens with zero attached hydrogens (tertiary/aromatic N) is 1. The molecule has 0 atom stereocenters. The molecule has 2 nitrogen and oxygen atoms in total. The molecule has 0 spiro atoms. The number of benzene rings is 1. The minimum Gasteiger partial charge on any atom is -0.332 e. The van der Waals surface area contributed by atoms with E-state index in [0.29, 0.717) is 0 Å². The van der Waals surface area contributed by atoms with Crippen molar-refractivity contribution in [2.24, 2.45) is 0 Å². The molecule has 2 heteroatoms. The second kappa shape index (κ2) is 4.05. The molecule has 0 saturated carbocycles. The maximum atomic E-state index is 11.7. The molecule has 0 unspecified atom stereocenters. The third kappa shape index (κ3) is 1.65. The molecular formula is C13H19NO.